The summed E-state index contributed by atoms with van der Waals surface area (Å²) in [6.07, 6.45) is 5.72. The van der Waals surface area contributed by atoms with E-state index in [4.69, 9.17) is 9.84 Å². The lowest BCUT2D eigenvalue weighted by molar-refractivity contribution is -0.138. The molecule has 0 radical (unpaired) electrons. The molecule has 1 N–H and O–H groups in total. The summed E-state index contributed by atoms with van der Waals surface area (Å²) in [5, 5.41) is 8.82. The highest BCUT2D eigenvalue weighted by atomic mass is 16.5. The van der Waals surface area contributed by atoms with Crippen LogP contribution in [0, 0.1) is 11.8 Å². The van der Waals surface area contributed by atoms with Gasteiger partial charge in [0.1, 0.15) is 12.1 Å². The third kappa shape index (κ3) is 2.77. The second kappa shape index (κ2) is 5.28. The highest BCUT2D eigenvalue weighted by molar-refractivity contribution is 5.73. The number of hydrogen-bond acceptors (Lipinski definition) is 4. The molecule has 1 aliphatic rings. The molecule has 2 atom stereocenters. The van der Waals surface area contributed by atoms with E-state index in [1.807, 2.05) is 24.3 Å². The second-order valence-corrected chi connectivity index (χ2v) is 4.90. The number of ether oxygens (including phenoxy) is 1. The minimum atomic E-state index is -0.724. The number of benzene rings is 1. The van der Waals surface area contributed by atoms with Gasteiger partial charge >= 0.3 is 5.97 Å². The van der Waals surface area contributed by atoms with Crippen molar-refractivity contribution in [2.75, 3.05) is 6.61 Å². The standard InChI is InChI=1S/C15H14N2O3/c18-15(19)14-5-11(14)8-20-13-3-1-10(2-4-13)12-6-16-9-17-7-12/h1-4,6-7,9,11,14H,5,8H2,(H,18,19)/t11-,14-/m1/s1. The topological polar surface area (TPSA) is 72.3 Å². The lowest BCUT2D eigenvalue weighted by atomic mass is 10.1. The Labute approximate surface area is 116 Å². The number of carbonyl (C=O) groups is 1. The predicted octanol–water partition coefficient (Wildman–Crippen LogP) is 2.24. The predicted molar refractivity (Wildman–Crippen MR) is 72.2 cm³/mol. The number of aliphatic carboxylic acids is 1. The molecule has 0 saturated heterocycles. The van der Waals surface area contributed by atoms with Gasteiger partial charge < -0.3 is 9.84 Å². The Morgan fingerprint density at radius 2 is 1.90 bits per heavy atom. The van der Waals surface area contributed by atoms with Gasteiger partial charge in [0.25, 0.3) is 0 Å². The van der Waals surface area contributed by atoms with Gasteiger partial charge in [0, 0.05) is 23.9 Å². The van der Waals surface area contributed by atoms with Gasteiger partial charge in [0.2, 0.25) is 0 Å². The maximum atomic E-state index is 10.7. The summed E-state index contributed by atoms with van der Waals surface area (Å²) in [7, 11) is 0. The quantitative estimate of drug-likeness (QED) is 0.902. The summed E-state index contributed by atoms with van der Waals surface area (Å²) < 4.78 is 5.61. The summed E-state index contributed by atoms with van der Waals surface area (Å²) >= 11 is 0. The molecule has 0 amide bonds. The zero-order valence-corrected chi connectivity index (χ0v) is 10.8. The molecule has 1 fully saturated rings. The van der Waals surface area contributed by atoms with Crippen LogP contribution in [-0.2, 0) is 4.79 Å². The fraction of sp³-hybridized carbons (Fsp3) is 0.267. The van der Waals surface area contributed by atoms with Crippen molar-refractivity contribution in [2.24, 2.45) is 11.8 Å². The van der Waals surface area contributed by atoms with Crippen LogP contribution in [0.1, 0.15) is 6.42 Å². The molecule has 0 spiro atoms. The van der Waals surface area contributed by atoms with E-state index in [-0.39, 0.29) is 11.8 Å². The van der Waals surface area contributed by atoms with E-state index in [0.717, 1.165) is 23.3 Å². The fourth-order valence-electron chi connectivity index (χ4n) is 2.13. The van der Waals surface area contributed by atoms with Crippen LogP contribution in [0.25, 0.3) is 11.1 Å². The molecule has 0 bridgehead atoms. The number of rotatable bonds is 5. The first kappa shape index (κ1) is 12.6. The van der Waals surface area contributed by atoms with Crippen LogP contribution < -0.4 is 4.74 Å². The van der Waals surface area contributed by atoms with E-state index in [2.05, 4.69) is 9.97 Å². The zero-order valence-electron chi connectivity index (χ0n) is 10.8. The maximum Gasteiger partial charge on any atom is 0.306 e. The van der Waals surface area contributed by atoms with Crippen LogP contribution >= 0.6 is 0 Å². The summed E-state index contributed by atoms with van der Waals surface area (Å²) in [6, 6.07) is 7.63. The number of carboxylic acids is 1. The van der Waals surface area contributed by atoms with Crippen molar-refractivity contribution in [3.8, 4) is 16.9 Å². The Morgan fingerprint density at radius 3 is 2.50 bits per heavy atom. The smallest absolute Gasteiger partial charge is 0.306 e. The highest BCUT2D eigenvalue weighted by Crippen LogP contribution is 2.38. The first-order valence-corrected chi connectivity index (χ1v) is 6.45. The lowest BCUT2D eigenvalue weighted by Crippen LogP contribution is -2.06. The Kier molecular flexibility index (Phi) is 3.33. The first-order chi connectivity index (χ1) is 9.74. The lowest BCUT2D eigenvalue weighted by Gasteiger charge is -2.06. The zero-order chi connectivity index (χ0) is 13.9. The van der Waals surface area contributed by atoms with Gasteiger partial charge in [-0.2, -0.15) is 0 Å². The van der Waals surface area contributed by atoms with Crippen molar-refractivity contribution >= 4 is 5.97 Å². The summed E-state index contributed by atoms with van der Waals surface area (Å²) in [5.41, 5.74) is 1.97. The molecule has 1 aromatic heterocycles. The molecule has 5 nitrogen and oxygen atoms in total. The van der Waals surface area contributed by atoms with E-state index in [1.54, 1.807) is 12.4 Å². The van der Waals surface area contributed by atoms with Gasteiger partial charge in [-0.05, 0) is 24.1 Å². The van der Waals surface area contributed by atoms with E-state index >= 15 is 0 Å². The molecular formula is C15H14N2O3. The summed E-state index contributed by atoms with van der Waals surface area (Å²) in [5.74, 6) is -0.0508. The average molecular weight is 270 g/mol. The third-order valence-corrected chi connectivity index (χ3v) is 3.45. The molecule has 5 heteroatoms. The van der Waals surface area contributed by atoms with Gasteiger partial charge in [0.15, 0.2) is 0 Å². The summed E-state index contributed by atoms with van der Waals surface area (Å²) in [6.45, 7) is 0.463. The molecule has 1 aliphatic carbocycles. The van der Waals surface area contributed by atoms with Crippen molar-refractivity contribution in [3.63, 3.8) is 0 Å². The van der Waals surface area contributed by atoms with Crippen molar-refractivity contribution in [2.45, 2.75) is 6.42 Å². The minimum absolute atomic E-state index is 0.148. The largest absolute Gasteiger partial charge is 0.493 e. The molecular weight excluding hydrogens is 256 g/mol. The highest BCUT2D eigenvalue weighted by Gasteiger charge is 2.43. The van der Waals surface area contributed by atoms with Crippen LogP contribution in [0.3, 0.4) is 0 Å². The molecule has 2 aromatic rings. The molecule has 20 heavy (non-hydrogen) atoms. The van der Waals surface area contributed by atoms with Gasteiger partial charge in [-0.15, -0.1) is 0 Å². The number of carboxylic acid groups (broad SMARTS) is 1. The Balaban J connectivity index is 1.59. The van der Waals surface area contributed by atoms with Gasteiger partial charge in [0.05, 0.1) is 12.5 Å². The van der Waals surface area contributed by atoms with Crippen LogP contribution in [0.5, 0.6) is 5.75 Å². The van der Waals surface area contributed by atoms with Gasteiger partial charge in [-0.1, -0.05) is 12.1 Å². The van der Waals surface area contributed by atoms with E-state index in [0.29, 0.717) is 6.61 Å². The summed E-state index contributed by atoms with van der Waals surface area (Å²) in [4.78, 5) is 18.7. The monoisotopic (exact) mass is 270 g/mol. The fourth-order valence-corrected chi connectivity index (χ4v) is 2.13. The van der Waals surface area contributed by atoms with Crippen molar-refractivity contribution in [1.82, 2.24) is 9.97 Å². The average Bonchev–Trinajstić information content (AvgIpc) is 3.26. The molecule has 1 aromatic carbocycles. The van der Waals surface area contributed by atoms with Crippen LogP contribution in [0.4, 0.5) is 0 Å². The SMILES string of the molecule is O=C(O)[C@@H]1C[C@@H]1COc1ccc(-c2cncnc2)cc1. The molecule has 3 rings (SSSR count). The van der Waals surface area contributed by atoms with Crippen LogP contribution in [0.15, 0.2) is 43.0 Å². The second-order valence-electron chi connectivity index (χ2n) is 4.90. The normalized spacial score (nSPS) is 20.4. The van der Waals surface area contributed by atoms with Crippen molar-refractivity contribution in [1.29, 1.82) is 0 Å². The first-order valence-electron chi connectivity index (χ1n) is 6.45. The number of aromatic nitrogens is 2. The van der Waals surface area contributed by atoms with E-state index in [9.17, 15) is 4.79 Å². The van der Waals surface area contributed by atoms with Crippen molar-refractivity contribution in [3.05, 3.63) is 43.0 Å². The Morgan fingerprint density at radius 1 is 1.20 bits per heavy atom. The van der Waals surface area contributed by atoms with Crippen molar-refractivity contribution < 1.29 is 14.6 Å². The molecule has 1 heterocycles. The molecule has 1 saturated carbocycles. The van der Waals surface area contributed by atoms with Crippen LogP contribution in [-0.4, -0.2) is 27.7 Å². The van der Waals surface area contributed by atoms with E-state index < -0.39 is 5.97 Å². The molecule has 0 unspecified atom stereocenters. The van der Waals surface area contributed by atoms with Crippen LogP contribution in [0.2, 0.25) is 0 Å². The number of hydrogen-bond donors (Lipinski definition) is 1. The number of nitrogens with zero attached hydrogens (tertiary/aromatic N) is 2. The van der Waals surface area contributed by atoms with E-state index in [1.165, 1.54) is 6.33 Å². The van der Waals surface area contributed by atoms with Gasteiger partial charge in [-0.3, -0.25) is 4.79 Å². The molecule has 0 aliphatic heterocycles. The van der Waals surface area contributed by atoms with Gasteiger partial charge in [-0.25, -0.2) is 9.97 Å². The minimum Gasteiger partial charge on any atom is -0.493 e. The molecule has 102 valence electrons. The Bertz CT molecular complexity index is 598. The third-order valence-electron chi connectivity index (χ3n) is 3.45. The maximum absolute atomic E-state index is 10.7. The Hall–Kier alpha value is -2.43.